The van der Waals surface area contributed by atoms with Gasteiger partial charge in [0.05, 0.1) is 0 Å². The van der Waals surface area contributed by atoms with Gasteiger partial charge in [-0.25, -0.2) is 0 Å². The van der Waals surface area contributed by atoms with Crippen molar-refractivity contribution < 1.29 is 0 Å². The van der Waals surface area contributed by atoms with Gasteiger partial charge >= 0.3 is 0 Å². The topological polar surface area (TPSA) is 3.24 Å². The van der Waals surface area contributed by atoms with E-state index < -0.39 is 0 Å². The number of fused-ring (bicyclic) bond motifs is 6. The Balaban J connectivity index is 1.05. The van der Waals surface area contributed by atoms with Crippen molar-refractivity contribution in [1.82, 2.24) is 0 Å². The SMILES string of the molecule is CC1(C)c2cc(N(c3ccc(C4CCCCC4)cc3)c3ccc(C4CC5CCC4CC5)cc3)ccc2-c2cccc(-c3ccccc3-c3ccccc3)c21. The fourth-order valence-electron chi connectivity index (χ4n) is 11.3. The Morgan fingerprint density at radius 1 is 0.481 bits per heavy atom. The second kappa shape index (κ2) is 13.8. The van der Waals surface area contributed by atoms with E-state index >= 15 is 0 Å². The molecule has 0 spiro atoms. The average molecular weight is 704 g/mol. The molecule has 0 N–H and O–H groups in total. The van der Waals surface area contributed by atoms with Gasteiger partial charge in [-0.1, -0.05) is 149 Å². The summed E-state index contributed by atoms with van der Waals surface area (Å²) in [5.41, 5.74) is 17.3. The zero-order valence-corrected chi connectivity index (χ0v) is 32.1. The molecule has 0 amide bonds. The quantitative estimate of drug-likeness (QED) is 0.160. The first-order valence-corrected chi connectivity index (χ1v) is 21.0. The highest BCUT2D eigenvalue weighted by molar-refractivity contribution is 5.94. The number of nitrogens with zero attached hydrogens (tertiary/aromatic N) is 1. The summed E-state index contributed by atoms with van der Waals surface area (Å²) in [4.78, 5) is 2.52. The Kier molecular flexibility index (Phi) is 8.58. The Labute approximate surface area is 323 Å². The molecule has 5 aliphatic carbocycles. The van der Waals surface area contributed by atoms with Gasteiger partial charge in [0.2, 0.25) is 0 Å². The molecule has 1 unspecified atom stereocenters. The van der Waals surface area contributed by atoms with Crippen LogP contribution in [0.25, 0.3) is 33.4 Å². The normalized spacial score (nSPS) is 21.4. The van der Waals surface area contributed by atoms with Crippen LogP contribution in [0.4, 0.5) is 17.1 Å². The molecule has 1 nitrogen and oxygen atoms in total. The summed E-state index contributed by atoms with van der Waals surface area (Å²) in [6.45, 7) is 4.87. The van der Waals surface area contributed by atoms with Crippen molar-refractivity contribution >= 4 is 17.1 Å². The molecule has 11 rings (SSSR count). The highest BCUT2D eigenvalue weighted by Gasteiger charge is 2.39. The van der Waals surface area contributed by atoms with E-state index in [0.717, 1.165) is 17.8 Å². The molecule has 6 aromatic carbocycles. The molecule has 4 fully saturated rings. The molecular weight excluding hydrogens is 651 g/mol. The Morgan fingerprint density at radius 2 is 1.07 bits per heavy atom. The third-order valence-electron chi connectivity index (χ3n) is 14.1. The molecule has 0 aliphatic heterocycles. The second-order valence-electron chi connectivity index (χ2n) is 17.5. The van der Waals surface area contributed by atoms with Crippen LogP contribution in [-0.2, 0) is 5.41 Å². The fraction of sp³-hybridized carbons (Fsp3) is 0.321. The third kappa shape index (κ3) is 5.83. The number of anilines is 3. The van der Waals surface area contributed by atoms with E-state index in [0.29, 0.717) is 5.92 Å². The number of benzene rings is 6. The van der Waals surface area contributed by atoms with Crippen molar-refractivity contribution in [1.29, 1.82) is 0 Å². The lowest BCUT2D eigenvalue weighted by Gasteiger charge is -2.42. The summed E-state index contributed by atoms with van der Waals surface area (Å²) >= 11 is 0. The highest BCUT2D eigenvalue weighted by Crippen LogP contribution is 2.55. The third-order valence-corrected chi connectivity index (χ3v) is 14.1. The highest BCUT2D eigenvalue weighted by atomic mass is 15.1. The van der Waals surface area contributed by atoms with Gasteiger partial charge in [0.1, 0.15) is 0 Å². The average Bonchev–Trinajstić information content (AvgIpc) is 3.48. The maximum atomic E-state index is 2.52. The molecule has 0 aromatic heterocycles. The predicted octanol–water partition coefficient (Wildman–Crippen LogP) is 15.1. The summed E-state index contributed by atoms with van der Waals surface area (Å²) in [5, 5.41) is 0. The van der Waals surface area contributed by atoms with Crippen LogP contribution < -0.4 is 4.90 Å². The molecule has 6 aromatic rings. The molecule has 4 saturated carbocycles. The lowest BCUT2D eigenvalue weighted by atomic mass is 9.63. The van der Waals surface area contributed by atoms with E-state index in [4.69, 9.17) is 0 Å². The standard InChI is InChI=1S/C53H53N/c1-53(2)51-35-44(32-33-47(51)49-19-11-18-48(52(49)53)46-17-10-9-16-45(46)39-14-7-4-8-15-39)54(42-28-24-38(25-29-42)37-12-5-3-6-13-37)43-30-26-41(27-31-43)50-34-36-20-22-40(50)23-21-36/h4,7-11,14-19,24-33,35-37,40,50H,3,5-6,12-13,20-23,34H2,1-2H3. The molecule has 54 heavy (non-hydrogen) atoms. The molecular formula is C53H53N. The molecule has 0 saturated heterocycles. The summed E-state index contributed by atoms with van der Waals surface area (Å²) < 4.78 is 0. The van der Waals surface area contributed by atoms with Crippen molar-refractivity contribution in [3.8, 4) is 33.4 Å². The van der Waals surface area contributed by atoms with Crippen molar-refractivity contribution in [3.05, 3.63) is 162 Å². The Morgan fingerprint density at radius 3 is 1.74 bits per heavy atom. The summed E-state index contributed by atoms with van der Waals surface area (Å²) in [7, 11) is 0. The number of hydrogen-bond donors (Lipinski definition) is 0. The zero-order chi connectivity index (χ0) is 36.2. The summed E-state index contributed by atoms with van der Waals surface area (Å²) in [6, 6.07) is 53.4. The maximum Gasteiger partial charge on any atom is 0.0465 e. The minimum absolute atomic E-state index is 0.179. The Hall–Kier alpha value is -4.88. The monoisotopic (exact) mass is 703 g/mol. The maximum absolute atomic E-state index is 2.52. The Bertz CT molecular complexity index is 2260. The van der Waals surface area contributed by atoms with Crippen molar-refractivity contribution in [2.24, 2.45) is 11.8 Å². The van der Waals surface area contributed by atoms with Crippen LogP contribution in [0.3, 0.4) is 0 Å². The van der Waals surface area contributed by atoms with E-state index in [1.807, 2.05) is 0 Å². The van der Waals surface area contributed by atoms with E-state index in [-0.39, 0.29) is 5.41 Å². The number of hydrogen-bond acceptors (Lipinski definition) is 1. The molecule has 1 heteroatoms. The fourth-order valence-corrected chi connectivity index (χ4v) is 11.3. The molecule has 2 bridgehead atoms. The van der Waals surface area contributed by atoms with Gasteiger partial charge in [-0.15, -0.1) is 0 Å². The predicted molar refractivity (Wildman–Crippen MR) is 228 cm³/mol. The largest absolute Gasteiger partial charge is 0.310 e. The first kappa shape index (κ1) is 33.7. The smallest absolute Gasteiger partial charge is 0.0465 e. The van der Waals surface area contributed by atoms with Crippen LogP contribution in [-0.4, -0.2) is 0 Å². The van der Waals surface area contributed by atoms with Crippen LogP contribution in [0.1, 0.15) is 112 Å². The molecule has 0 radical (unpaired) electrons. The van der Waals surface area contributed by atoms with E-state index in [9.17, 15) is 0 Å². The molecule has 5 aliphatic rings. The minimum atomic E-state index is -0.179. The van der Waals surface area contributed by atoms with E-state index in [1.54, 1.807) is 5.56 Å². The summed E-state index contributed by atoms with van der Waals surface area (Å²) in [5.74, 6) is 3.24. The first-order chi connectivity index (χ1) is 26.5. The van der Waals surface area contributed by atoms with Gasteiger partial charge in [0, 0.05) is 22.5 Å². The van der Waals surface area contributed by atoms with E-state index in [2.05, 4.69) is 158 Å². The minimum Gasteiger partial charge on any atom is -0.310 e. The van der Waals surface area contributed by atoms with Crippen molar-refractivity contribution in [3.63, 3.8) is 0 Å². The van der Waals surface area contributed by atoms with Crippen LogP contribution >= 0.6 is 0 Å². The lowest BCUT2D eigenvalue weighted by Crippen LogP contribution is -2.29. The van der Waals surface area contributed by atoms with Gasteiger partial charge in [-0.2, -0.15) is 0 Å². The first-order valence-electron chi connectivity index (χ1n) is 21.0. The zero-order valence-electron chi connectivity index (χ0n) is 32.1. The molecule has 270 valence electrons. The van der Waals surface area contributed by atoms with Crippen LogP contribution in [0.2, 0.25) is 0 Å². The van der Waals surface area contributed by atoms with Crippen molar-refractivity contribution in [2.45, 2.75) is 95.3 Å². The van der Waals surface area contributed by atoms with Gasteiger partial charge < -0.3 is 4.90 Å². The lowest BCUT2D eigenvalue weighted by molar-refractivity contribution is 0.145. The van der Waals surface area contributed by atoms with Crippen LogP contribution in [0.5, 0.6) is 0 Å². The number of rotatable bonds is 7. The summed E-state index contributed by atoms with van der Waals surface area (Å²) in [6.07, 6.45) is 13.9. The molecule has 1 atom stereocenters. The van der Waals surface area contributed by atoms with E-state index in [1.165, 1.54) is 131 Å². The van der Waals surface area contributed by atoms with Gasteiger partial charge in [0.25, 0.3) is 0 Å². The van der Waals surface area contributed by atoms with Gasteiger partial charge in [0.15, 0.2) is 0 Å². The van der Waals surface area contributed by atoms with Gasteiger partial charge in [-0.05, 0) is 148 Å². The molecule has 0 heterocycles. The van der Waals surface area contributed by atoms with Crippen LogP contribution in [0.15, 0.2) is 140 Å². The second-order valence-corrected chi connectivity index (χ2v) is 17.5. The van der Waals surface area contributed by atoms with Crippen LogP contribution in [0, 0.1) is 11.8 Å². The van der Waals surface area contributed by atoms with Gasteiger partial charge in [-0.3, -0.25) is 0 Å². The van der Waals surface area contributed by atoms with Crippen molar-refractivity contribution in [2.75, 3.05) is 4.90 Å².